The molecular weight excluding hydrogens is 552 g/mol. The number of nitrogens with one attached hydrogen (secondary N) is 1. The molecule has 0 bridgehead atoms. The molecule has 10 nitrogen and oxygen atoms in total. The number of ether oxygens (including phenoxy) is 1. The zero-order valence-corrected chi connectivity index (χ0v) is 20.4. The highest BCUT2D eigenvalue weighted by atomic mass is 19.4. The smallest absolute Gasteiger partial charge is 0.490 e. The topological polar surface area (TPSA) is 129 Å². The molecule has 0 atom stereocenters. The van der Waals surface area contributed by atoms with Gasteiger partial charge in [0.15, 0.2) is 0 Å². The van der Waals surface area contributed by atoms with E-state index in [-0.39, 0.29) is 24.4 Å². The van der Waals surface area contributed by atoms with E-state index in [0.717, 1.165) is 33.9 Å². The van der Waals surface area contributed by atoms with E-state index in [1.807, 2.05) is 6.07 Å². The largest absolute Gasteiger partial charge is 0.490 e. The van der Waals surface area contributed by atoms with Gasteiger partial charge in [0, 0.05) is 24.6 Å². The van der Waals surface area contributed by atoms with Crippen LogP contribution in [0.1, 0.15) is 31.2 Å². The van der Waals surface area contributed by atoms with Crippen LogP contribution in [0.5, 0.6) is 5.75 Å². The van der Waals surface area contributed by atoms with Gasteiger partial charge in [0.25, 0.3) is 5.91 Å². The number of hydrogen-bond acceptors (Lipinski definition) is 6. The Morgan fingerprint density at radius 3 is 2.35 bits per heavy atom. The van der Waals surface area contributed by atoms with Gasteiger partial charge in [-0.2, -0.15) is 26.3 Å². The van der Waals surface area contributed by atoms with Crippen LogP contribution in [-0.2, 0) is 15.8 Å². The molecule has 1 aliphatic carbocycles. The maximum Gasteiger partial charge on any atom is 0.490 e. The number of nitrogens with zero attached hydrogens (tertiary/aromatic N) is 4. The van der Waals surface area contributed by atoms with Crippen LogP contribution >= 0.6 is 0 Å². The molecule has 1 aliphatic heterocycles. The normalized spacial score (nSPS) is 19.9. The number of aromatic nitrogens is 3. The number of H-pyrrole nitrogens is 1. The second-order valence-corrected chi connectivity index (χ2v) is 8.96. The van der Waals surface area contributed by atoms with Gasteiger partial charge in [-0.05, 0) is 43.9 Å². The van der Waals surface area contributed by atoms with Crippen molar-refractivity contribution in [2.75, 3.05) is 11.4 Å². The Kier molecular flexibility index (Phi) is 7.88. The molecule has 214 valence electrons. The van der Waals surface area contributed by atoms with Crippen molar-refractivity contribution in [1.82, 2.24) is 19.9 Å². The summed E-state index contributed by atoms with van der Waals surface area (Å²) in [5.41, 5.74) is -0.279. The lowest BCUT2D eigenvalue weighted by atomic mass is 9.92. The molecule has 4 heterocycles. The van der Waals surface area contributed by atoms with Gasteiger partial charge >= 0.3 is 24.4 Å². The number of pyridine rings is 2. The minimum atomic E-state index is -5.08. The SMILES string of the molecule is O=C(O)C(F)(F)F.O=C1CN(c2cncc(C(F)(F)F)c2)C(=O)N1[C@H]1CC[C@H](Oc2ccnc3[nH]ccc23)CC1. The lowest BCUT2D eigenvalue weighted by molar-refractivity contribution is -0.192. The Hall–Kier alpha value is -4.37. The predicted octanol–water partition coefficient (Wildman–Crippen LogP) is 4.77. The van der Waals surface area contributed by atoms with Gasteiger partial charge in [-0.1, -0.05) is 0 Å². The zero-order chi connectivity index (χ0) is 29.2. The van der Waals surface area contributed by atoms with Crippen LogP contribution in [0.15, 0.2) is 43.0 Å². The number of amides is 3. The Balaban J connectivity index is 0.000000470. The number of anilines is 1. The number of carbonyl (C=O) groups is 3. The first-order valence-corrected chi connectivity index (χ1v) is 11.8. The van der Waals surface area contributed by atoms with E-state index >= 15 is 0 Å². The molecule has 16 heteroatoms. The van der Waals surface area contributed by atoms with Crippen molar-refractivity contribution < 1.29 is 50.6 Å². The molecule has 2 aliphatic rings. The maximum absolute atomic E-state index is 13.0. The number of alkyl halides is 6. The summed E-state index contributed by atoms with van der Waals surface area (Å²) in [6.45, 7) is -0.305. The molecule has 2 N–H and O–H groups in total. The Labute approximate surface area is 221 Å². The van der Waals surface area contributed by atoms with Crippen molar-refractivity contribution in [1.29, 1.82) is 0 Å². The number of rotatable bonds is 4. The Morgan fingerprint density at radius 2 is 1.73 bits per heavy atom. The van der Waals surface area contributed by atoms with E-state index in [9.17, 15) is 35.9 Å². The van der Waals surface area contributed by atoms with Crippen LogP contribution in [0.2, 0.25) is 0 Å². The summed E-state index contributed by atoms with van der Waals surface area (Å²) < 4.78 is 76.9. The number of carboxylic acids is 1. The van der Waals surface area contributed by atoms with Crippen LogP contribution in [-0.4, -0.2) is 67.7 Å². The highest BCUT2D eigenvalue weighted by Crippen LogP contribution is 2.34. The first-order chi connectivity index (χ1) is 18.8. The van der Waals surface area contributed by atoms with E-state index < -0.39 is 35.8 Å². The molecule has 0 radical (unpaired) electrons. The first kappa shape index (κ1) is 28.6. The summed E-state index contributed by atoms with van der Waals surface area (Å²) in [5, 5.41) is 8.01. The van der Waals surface area contributed by atoms with Gasteiger partial charge in [-0.3, -0.25) is 19.6 Å². The number of halogens is 6. The quantitative estimate of drug-likeness (QED) is 0.340. The summed E-state index contributed by atoms with van der Waals surface area (Å²) >= 11 is 0. The number of carboxylic acid groups (broad SMARTS) is 1. The Morgan fingerprint density at radius 1 is 1.05 bits per heavy atom. The third-order valence-electron chi connectivity index (χ3n) is 6.33. The molecule has 0 aromatic carbocycles. The number of hydrogen-bond donors (Lipinski definition) is 2. The Bertz CT molecular complexity index is 1400. The maximum atomic E-state index is 13.0. The molecule has 1 saturated carbocycles. The van der Waals surface area contributed by atoms with Gasteiger partial charge in [0.2, 0.25) is 0 Å². The summed E-state index contributed by atoms with van der Waals surface area (Å²) in [6, 6.07) is 3.59. The van der Waals surface area contributed by atoms with Crippen LogP contribution in [0.3, 0.4) is 0 Å². The minimum absolute atomic E-state index is 0.0455. The molecule has 3 amide bonds. The van der Waals surface area contributed by atoms with E-state index in [0.29, 0.717) is 31.9 Å². The molecule has 3 aromatic heterocycles. The highest BCUT2D eigenvalue weighted by molar-refractivity contribution is 6.12. The van der Waals surface area contributed by atoms with Crippen molar-refractivity contribution in [2.24, 2.45) is 0 Å². The van der Waals surface area contributed by atoms with Crippen LogP contribution in [0.25, 0.3) is 11.0 Å². The van der Waals surface area contributed by atoms with Crippen molar-refractivity contribution in [3.63, 3.8) is 0 Å². The minimum Gasteiger partial charge on any atom is -0.490 e. The number of aliphatic carboxylic acids is 1. The molecule has 1 saturated heterocycles. The molecule has 3 aromatic rings. The lowest BCUT2D eigenvalue weighted by Crippen LogP contribution is -2.44. The van der Waals surface area contributed by atoms with Crippen LogP contribution < -0.4 is 9.64 Å². The molecular formula is C24H21F6N5O5. The summed E-state index contributed by atoms with van der Waals surface area (Å²) in [4.78, 5) is 47.6. The molecule has 5 rings (SSSR count). The third kappa shape index (κ3) is 6.26. The summed E-state index contributed by atoms with van der Waals surface area (Å²) in [7, 11) is 0. The van der Waals surface area contributed by atoms with Gasteiger partial charge < -0.3 is 14.8 Å². The van der Waals surface area contributed by atoms with Crippen LogP contribution in [0, 0.1) is 0 Å². The number of aromatic amines is 1. The fourth-order valence-electron chi connectivity index (χ4n) is 4.45. The fourth-order valence-corrected chi connectivity index (χ4v) is 4.45. The highest BCUT2D eigenvalue weighted by Gasteiger charge is 2.43. The van der Waals surface area contributed by atoms with E-state index in [2.05, 4.69) is 15.0 Å². The average molecular weight is 573 g/mol. The van der Waals surface area contributed by atoms with Gasteiger partial charge in [-0.25, -0.2) is 14.6 Å². The van der Waals surface area contributed by atoms with Gasteiger partial charge in [-0.15, -0.1) is 0 Å². The van der Waals surface area contributed by atoms with E-state index in [1.165, 1.54) is 4.90 Å². The van der Waals surface area contributed by atoms with E-state index in [4.69, 9.17) is 14.6 Å². The van der Waals surface area contributed by atoms with Crippen molar-refractivity contribution >= 4 is 34.6 Å². The van der Waals surface area contributed by atoms with Crippen molar-refractivity contribution in [3.05, 3.63) is 48.5 Å². The average Bonchev–Trinajstić information content (AvgIpc) is 3.49. The zero-order valence-electron chi connectivity index (χ0n) is 20.4. The summed E-state index contributed by atoms with van der Waals surface area (Å²) in [6.07, 6.45) is -2.05. The second kappa shape index (κ2) is 11.0. The number of carbonyl (C=O) groups excluding carboxylic acids is 2. The summed E-state index contributed by atoms with van der Waals surface area (Å²) in [5.74, 6) is -2.46. The monoisotopic (exact) mass is 573 g/mol. The fraction of sp³-hybridized carbons (Fsp3) is 0.375. The number of fused-ring (bicyclic) bond motifs is 1. The first-order valence-electron chi connectivity index (χ1n) is 11.8. The van der Waals surface area contributed by atoms with E-state index in [1.54, 1.807) is 18.5 Å². The van der Waals surface area contributed by atoms with Crippen molar-refractivity contribution in [3.8, 4) is 5.75 Å². The molecule has 40 heavy (non-hydrogen) atoms. The second-order valence-electron chi connectivity index (χ2n) is 8.96. The molecule has 0 spiro atoms. The van der Waals surface area contributed by atoms with Crippen LogP contribution in [0.4, 0.5) is 36.8 Å². The standard InChI is InChI=1S/C22H20F3N5O3.C2HF3O2/c23-22(24,25)13-9-15(11-26-10-13)29-12-19(31)30(21(29)32)14-1-3-16(4-2-14)33-18-6-8-28-20-17(18)5-7-27-20;3-2(4,5)1(6)7/h5-11,14,16H,1-4,12H2,(H,27,28);(H,6,7)/t14-,16-;. The predicted molar refractivity (Wildman–Crippen MR) is 125 cm³/mol. The van der Waals surface area contributed by atoms with Gasteiger partial charge in [0.1, 0.15) is 17.9 Å². The molecule has 0 unspecified atom stereocenters. The number of urea groups is 1. The van der Waals surface area contributed by atoms with Crippen molar-refractivity contribution in [2.45, 2.75) is 50.2 Å². The third-order valence-corrected chi connectivity index (χ3v) is 6.33. The molecule has 2 fully saturated rings. The lowest BCUT2D eigenvalue weighted by Gasteiger charge is -2.33. The number of imide groups is 1. The van der Waals surface area contributed by atoms with Gasteiger partial charge in [0.05, 0.1) is 28.9 Å².